The molecule has 1 N–H and O–H groups in total. The number of hydrogen-bond acceptors (Lipinski definition) is 6. The van der Waals surface area contributed by atoms with Crippen molar-refractivity contribution in [1.29, 1.82) is 0 Å². The van der Waals surface area contributed by atoms with Crippen molar-refractivity contribution in [3.8, 4) is 17.4 Å². The standard InChI is InChI=1S/C28H28N2O6/c1-5-23(28(32)33)36-21-8-6-7-18(15-21)16-30-17(2)25(22-13-14-24(35-4)29-27(22)30)26(31)19-9-11-20(34-3)12-10-19/h6-15,23H,5,16H2,1-4H3,(H,32,33). The Morgan fingerprint density at radius 1 is 1.00 bits per heavy atom. The molecule has 0 saturated heterocycles. The number of aliphatic carboxylic acids is 1. The molecule has 0 spiro atoms. The quantitative estimate of drug-likeness (QED) is 0.318. The zero-order valence-corrected chi connectivity index (χ0v) is 20.6. The van der Waals surface area contributed by atoms with Gasteiger partial charge in [0.25, 0.3) is 0 Å². The molecule has 0 radical (unpaired) electrons. The van der Waals surface area contributed by atoms with Gasteiger partial charge in [-0.3, -0.25) is 4.79 Å². The van der Waals surface area contributed by atoms with Crippen LogP contribution in [0.25, 0.3) is 11.0 Å². The van der Waals surface area contributed by atoms with Gasteiger partial charge in [-0.15, -0.1) is 0 Å². The summed E-state index contributed by atoms with van der Waals surface area (Å²) in [6.07, 6.45) is -0.574. The number of carboxylic acids is 1. The lowest BCUT2D eigenvalue weighted by Gasteiger charge is -2.15. The average Bonchev–Trinajstić information content (AvgIpc) is 3.17. The molecule has 0 fully saturated rings. The molecule has 186 valence electrons. The number of hydrogen-bond donors (Lipinski definition) is 1. The summed E-state index contributed by atoms with van der Waals surface area (Å²) in [6.45, 7) is 4.06. The van der Waals surface area contributed by atoms with E-state index in [2.05, 4.69) is 4.98 Å². The van der Waals surface area contributed by atoms with Crippen LogP contribution < -0.4 is 14.2 Å². The second-order valence-corrected chi connectivity index (χ2v) is 8.33. The average molecular weight is 489 g/mol. The molecule has 0 amide bonds. The van der Waals surface area contributed by atoms with Crippen LogP contribution in [0.4, 0.5) is 0 Å². The van der Waals surface area contributed by atoms with Crippen LogP contribution in [0.1, 0.15) is 40.5 Å². The molecular weight excluding hydrogens is 460 g/mol. The molecule has 0 aliphatic heterocycles. The minimum absolute atomic E-state index is 0.116. The van der Waals surface area contributed by atoms with E-state index in [1.165, 1.54) is 0 Å². The number of ether oxygens (including phenoxy) is 3. The zero-order valence-electron chi connectivity index (χ0n) is 20.6. The Balaban J connectivity index is 1.76. The van der Waals surface area contributed by atoms with Gasteiger partial charge in [0.05, 0.1) is 19.8 Å². The first-order chi connectivity index (χ1) is 17.4. The van der Waals surface area contributed by atoms with Crippen molar-refractivity contribution in [3.63, 3.8) is 0 Å². The number of ketones is 1. The summed E-state index contributed by atoms with van der Waals surface area (Å²) < 4.78 is 18.2. The molecule has 0 saturated carbocycles. The maximum Gasteiger partial charge on any atom is 0.344 e. The third kappa shape index (κ3) is 4.88. The van der Waals surface area contributed by atoms with Crippen molar-refractivity contribution in [2.45, 2.75) is 32.9 Å². The number of benzene rings is 2. The summed E-state index contributed by atoms with van der Waals surface area (Å²) in [7, 11) is 3.13. The number of carboxylic acid groups (broad SMARTS) is 1. The maximum atomic E-state index is 13.6. The molecule has 1 atom stereocenters. The van der Waals surface area contributed by atoms with Crippen LogP contribution in [0.2, 0.25) is 0 Å². The highest BCUT2D eigenvalue weighted by molar-refractivity contribution is 6.17. The fourth-order valence-corrected chi connectivity index (χ4v) is 4.17. The zero-order chi connectivity index (χ0) is 25.8. The number of carbonyl (C=O) groups is 2. The molecule has 0 aliphatic carbocycles. The summed E-state index contributed by atoms with van der Waals surface area (Å²) in [4.78, 5) is 29.6. The fourth-order valence-electron chi connectivity index (χ4n) is 4.17. The molecule has 2 heterocycles. The number of fused-ring (bicyclic) bond motifs is 1. The van der Waals surface area contributed by atoms with E-state index in [0.29, 0.717) is 47.1 Å². The summed E-state index contributed by atoms with van der Waals surface area (Å²) in [5.74, 6) is 0.459. The SMILES string of the molecule is CCC(Oc1cccc(Cn2c(C)c(C(=O)c3ccc(OC)cc3)c3ccc(OC)nc32)c1)C(=O)O. The van der Waals surface area contributed by atoms with Gasteiger partial charge in [0.1, 0.15) is 17.1 Å². The number of nitrogens with zero attached hydrogens (tertiary/aromatic N) is 2. The minimum atomic E-state index is -1.01. The Morgan fingerprint density at radius 2 is 1.75 bits per heavy atom. The molecule has 0 aliphatic rings. The number of pyridine rings is 1. The van der Waals surface area contributed by atoms with Gasteiger partial charge in [0, 0.05) is 29.3 Å². The van der Waals surface area contributed by atoms with Gasteiger partial charge in [-0.25, -0.2) is 4.79 Å². The second kappa shape index (κ2) is 10.5. The van der Waals surface area contributed by atoms with Crippen molar-refractivity contribution in [1.82, 2.24) is 9.55 Å². The second-order valence-electron chi connectivity index (χ2n) is 8.33. The van der Waals surface area contributed by atoms with Gasteiger partial charge >= 0.3 is 5.97 Å². The van der Waals surface area contributed by atoms with Crippen LogP contribution in [-0.4, -0.2) is 46.7 Å². The molecule has 8 heteroatoms. The molecule has 2 aromatic heterocycles. The Kier molecular flexibility index (Phi) is 7.24. The molecule has 36 heavy (non-hydrogen) atoms. The third-order valence-corrected chi connectivity index (χ3v) is 6.09. The smallest absolute Gasteiger partial charge is 0.344 e. The summed E-state index contributed by atoms with van der Waals surface area (Å²) in [5.41, 5.74) is 3.36. The molecule has 0 bridgehead atoms. The van der Waals surface area contributed by atoms with Crippen LogP contribution >= 0.6 is 0 Å². The monoisotopic (exact) mass is 488 g/mol. The van der Waals surface area contributed by atoms with Crippen LogP contribution in [-0.2, 0) is 11.3 Å². The number of methoxy groups -OCH3 is 2. The Morgan fingerprint density at radius 3 is 2.39 bits per heavy atom. The molecule has 4 rings (SSSR count). The van der Waals surface area contributed by atoms with Crippen molar-refractivity contribution in [2.24, 2.45) is 0 Å². The normalized spacial score (nSPS) is 11.8. The first-order valence-corrected chi connectivity index (χ1v) is 11.6. The van der Waals surface area contributed by atoms with E-state index in [1.54, 1.807) is 57.5 Å². The van der Waals surface area contributed by atoms with Gasteiger partial charge in [-0.05, 0) is 61.4 Å². The Bertz CT molecular complexity index is 1410. The molecule has 2 aromatic carbocycles. The van der Waals surface area contributed by atoms with Gasteiger partial charge < -0.3 is 23.9 Å². The van der Waals surface area contributed by atoms with Crippen LogP contribution in [0.5, 0.6) is 17.4 Å². The molecule has 8 nitrogen and oxygen atoms in total. The topological polar surface area (TPSA) is 99.9 Å². The van der Waals surface area contributed by atoms with Crippen molar-refractivity contribution in [2.75, 3.05) is 14.2 Å². The summed E-state index contributed by atoms with van der Waals surface area (Å²) >= 11 is 0. The van der Waals surface area contributed by atoms with Crippen LogP contribution in [0, 0.1) is 6.92 Å². The van der Waals surface area contributed by atoms with Crippen LogP contribution in [0.15, 0.2) is 60.7 Å². The highest BCUT2D eigenvalue weighted by Gasteiger charge is 2.23. The van der Waals surface area contributed by atoms with Gasteiger partial charge in [-0.2, -0.15) is 4.98 Å². The van der Waals surface area contributed by atoms with Crippen LogP contribution in [0.3, 0.4) is 0 Å². The lowest BCUT2D eigenvalue weighted by atomic mass is 10.0. The van der Waals surface area contributed by atoms with E-state index in [1.807, 2.05) is 35.8 Å². The lowest BCUT2D eigenvalue weighted by molar-refractivity contribution is -0.145. The van der Waals surface area contributed by atoms with E-state index >= 15 is 0 Å². The van der Waals surface area contributed by atoms with Gasteiger partial charge in [-0.1, -0.05) is 19.1 Å². The van der Waals surface area contributed by atoms with Gasteiger partial charge in [0.15, 0.2) is 11.9 Å². The Hall–Kier alpha value is -4.33. The predicted octanol–water partition coefficient (Wildman–Crippen LogP) is 4.88. The van der Waals surface area contributed by atoms with E-state index < -0.39 is 12.1 Å². The first kappa shape index (κ1) is 24.8. The predicted molar refractivity (Wildman–Crippen MR) is 135 cm³/mol. The largest absolute Gasteiger partial charge is 0.497 e. The summed E-state index contributed by atoms with van der Waals surface area (Å²) in [5, 5.41) is 10.1. The maximum absolute atomic E-state index is 13.6. The van der Waals surface area contributed by atoms with E-state index in [4.69, 9.17) is 14.2 Å². The fraction of sp³-hybridized carbons (Fsp3) is 0.250. The number of carbonyl (C=O) groups excluding carboxylic acids is 1. The van der Waals surface area contributed by atoms with E-state index in [-0.39, 0.29) is 5.78 Å². The summed E-state index contributed by atoms with van der Waals surface area (Å²) in [6, 6.07) is 17.9. The van der Waals surface area contributed by atoms with Crippen molar-refractivity contribution in [3.05, 3.63) is 83.0 Å². The molecule has 4 aromatic rings. The third-order valence-electron chi connectivity index (χ3n) is 6.09. The first-order valence-electron chi connectivity index (χ1n) is 11.6. The number of aromatic nitrogens is 2. The highest BCUT2D eigenvalue weighted by Crippen LogP contribution is 2.30. The highest BCUT2D eigenvalue weighted by atomic mass is 16.5. The van der Waals surface area contributed by atoms with Crippen molar-refractivity contribution >= 4 is 22.8 Å². The Labute approximate surface area is 209 Å². The van der Waals surface area contributed by atoms with E-state index in [9.17, 15) is 14.7 Å². The van der Waals surface area contributed by atoms with Crippen molar-refractivity contribution < 1.29 is 28.9 Å². The molecule has 1 unspecified atom stereocenters. The lowest BCUT2D eigenvalue weighted by Crippen LogP contribution is -2.25. The number of rotatable bonds is 10. The molecular formula is C28H28N2O6. The van der Waals surface area contributed by atoms with E-state index in [0.717, 1.165) is 16.6 Å². The van der Waals surface area contributed by atoms with Gasteiger partial charge in [0.2, 0.25) is 5.88 Å². The minimum Gasteiger partial charge on any atom is -0.497 e.